The van der Waals surface area contributed by atoms with E-state index in [1.165, 1.54) is 36.4 Å². The summed E-state index contributed by atoms with van der Waals surface area (Å²) in [4.78, 5) is 23.1. The molecule has 2 aromatic carbocycles. The highest BCUT2D eigenvalue weighted by Crippen LogP contribution is 2.16. The number of hydrogen-bond acceptors (Lipinski definition) is 2. The Balaban J connectivity index is 2.39. The minimum Gasteiger partial charge on any atom is -0.289 e. The Morgan fingerprint density at radius 2 is 1.65 bits per heavy atom. The van der Waals surface area contributed by atoms with Gasteiger partial charge in [-0.2, -0.15) is 0 Å². The molecule has 0 aromatic heterocycles. The van der Waals surface area contributed by atoms with Gasteiger partial charge in [-0.1, -0.05) is 24.3 Å². The summed E-state index contributed by atoms with van der Waals surface area (Å²) in [7, 11) is 0. The van der Waals surface area contributed by atoms with Crippen molar-refractivity contribution in [3.63, 3.8) is 0 Å². The molecule has 0 atom stereocenters. The van der Waals surface area contributed by atoms with Gasteiger partial charge in [0.25, 0.3) is 0 Å². The van der Waals surface area contributed by atoms with Crippen molar-refractivity contribution >= 4 is 28.7 Å². The maximum absolute atomic E-state index is 12.9. The van der Waals surface area contributed by atoms with E-state index < -0.39 is 11.1 Å². The molecule has 0 aliphatic heterocycles. The van der Waals surface area contributed by atoms with Crippen molar-refractivity contribution in [2.75, 3.05) is 0 Å². The summed E-state index contributed by atoms with van der Waals surface area (Å²) in [6.07, 6.45) is 2.66. The molecule has 0 fully saturated rings. The number of ketones is 1. The number of benzene rings is 2. The third kappa shape index (κ3) is 3.39. The lowest BCUT2D eigenvalue weighted by Gasteiger charge is -2.05. The average Bonchev–Trinajstić information content (AvgIpc) is 2.45. The first kappa shape index (κ1) is 14.2. The van der Waals surface area contributed by atoms with Gasteiger partial charge < -0.3 is 0 Å². The maximum atomic E-state index is 12.9. The summed E-state index contributed by atoms with van der Waals surface area (Å²) >= 11 is 5.24. The molecule has 20 heavy (non-hydrogen) atoms. The van der Waals surface area contributed by atoms with Crippen LogP contribution in [0.3, 0.4) is 0 Å². The average molecular weight is 289 g/mol. The van der Waals surface area contributed by atoms with Crippen LogP contribution < -0.4 is 0 Å². The first-order valence-electron chi connectivity index (χ1n) is 5.85. The number of rotatable bonds is 4. The number of halogens is 2. The van der Waals surface area contributed by atoms with E-state index in [-0.39, 0.29) is 5.78 Å². The van der Waals surface area contributed by atoms with Crippen LogP contribution in [0.4, 0.5) is 4.39 Å². The molecule has 0 saturated carbocycles. The molecule has 2 nitrogen and oxygen atoms in total. The summed E-state index contributed by atoms with van der Waals surface area (Å²) in [6, 6.07) is 12.1. The molecule has 2 aromatic rings. The maximum Gasteiger partial charge on any atom is 0.245 e. The van der Waals surface area contributed by atoms with Gasteiger partial charge in [-0.3, -0.25) is 9.59 Å². The highest BCUT2D eigenvalue weighted by atomic mass is 35.5. The largest absolute Gasteiger partial charge is 0.289 e. The fourth-order valence-electron chi connectivity index (χ4n) is 1.76. The first-order valence-corrected chi connectivity index (χ1v) is 6.22. The Morgan fingerprint density at radius 1 is 1.00 bits per heavy atom. The summed E-state index contributed by atoms with van der Waals surface area (Å²) < 4.78 is 12.9. The summed E-state index contributed by atoms with van der Waals surface area (Å²) in [5, 5.41) is -0.617. The molecule has 0 aliphatic carbocycles. The van der Waals surface area contributed by atoms with E-state index in [1.807, 2.05) is 0 Å². The van der Waals surface area contributed by atoms with E-state index in [0.717, 1.165) is 0 Å². The van der Waals surface area contributed by atoms with Crippen LogP contribution in [-0.4, -0.2) is 11.0 Å². The van der Waals surface area contributed by atoms with Crippen LogP contribution in [0.2, 0.25) is 0 Å². The molecule has 4 heteroatoms. The minimum atomic E-state index is -0.617. The van der Waals surface area contributed by atoms with Crippen molar-refractivity contribution in [2.45, 2.75) is 0 Å². The van der Waals surface area contributed by atoms with Crippen LogP contribution in [-0.2, 0) is 4.79 Å². The molecule has 0 heterocycles. The van der Waals surface area contributed by atoms with E-state index in [2.05, 4.69) is 0 Å². The van der Waals surface area contributed by atoms with Gasteiger partial charge in [0, 0.05) is 11.1 Å². The van der Waals surface area contributed by atoms with Crippen LogP contribution in [0, 0.1) is 5.82 Å². The predicted octanol–water partition coefficient (Wildman–Crippen LogP) is 3.84. The normalized spacial score (nSPS) is 10.7. The van der Waals surface area contributed by atoms with Crippen molar-refractivity contribution in [3.05, 3.63) is 77.1 Å². The Labute approximate surface area is 120 Å². The molecule has 0 N–H and O–H groups in total. The zero-order valence-electron chi connectivity index (χ0n) is 10.3. The molecule has 2 rings (SSSR count). The van der Waals surface area contributed by atoms with Gasteiger partial charge in [0.1, 0.15) is 5.82 Å². The summed E-state index contributed by atoms with van der Waals surface area (Å²) in [5.74, 6) is -0.644. The lowest BCUT2D eigenvalue weighted by Crippen LogP contribution is -2.03. The van der Waals surface area contributed by atoms with Crippen molar-refractivity contribution < 1.29 is 14.0 Å². The van der Waals surface area contributed by atoms with Gasteiger partial charge >= 0.3 is 0 Å². The van der Waals surface area contributed by atoms with Crippen molar-refractivity contribution in [1.29, 1.82) is 0 Å². The monoisotopic (exact) mass is 288 g/mol. The molecule has 0 unspecified atom stereocenters. The standard InChI is InChI=1S/C16H10ClFO2/c17-15(19)10-7-11-3-1-2-4-14(11)16(20)12-5-8-13(18)9-6-12/h1-10H. The second-order valence-corrected chi connectivity index (χ2v) is 4.43. The van der Waals surface area contributed by atoms with Gasteiger partial charge in [-0.05, 0) is 53.6 Å². The lowest BCUT2D eigenvalue weighted by atomic mass is 9.98. The summed E-state index contributed by atoms with van der Waals surface area (Å²) in [5.41, 5.74) is 1.38. The van der Waals surface area contributed by atoms with E-state index in [1.54, 1.807) is 24.3 Å². The quantitative estimate of drug-likeness (QED) is 0.487. The topological polar surface area (TPSA) is 34.1 Å². The fourth-order valence-corrected chi connectivity index (χ4v) is 1.82. The predicted molar refractivity (Wildman–Crippen MR) is 76.2 cm³/mol. The minimum absolute atomic E-state index is 0.243. The number of hydrogen-bond donors (Lipinski definition) is 0. The highest BCUT2D eigenvalue weighted by Gasteiger charge is 2.12. The van der Waals surface area contributed by atoms with Gasteiger partial charge in [0.15, 0.2) is 5.78 Å². The Morgan fingerprint density at radius 3 is 2.30 bits per heavy atom. The zero-order valence-corrected chi connectivity index (χ0v) is 11.1. The number of allylic oxidation sites excluding steroid dienone is 1. The second-order valence-electron chi connectivity index (χ2n) is 4.06. The molecule has 0 spiro atoms. The molecule has 0 saturated heterocycles. The molecule has 0 radical (unpaired) electrons. The van der Waals surface area contributed by atoms with E-state index in [9.17, 15) is 14.0 Å². The van der Waals surface area contributed by atoms with Crippen molar-refractivity contribution in [3.8, 4) is 0 Å². The molecule has 100 valence electrons. The SMILES string of the molecule is O=C(Cl)C=Cc1ccccc1C(=O)c1ccc(F)cc1. The Hall–Kier alpha value is -2.26. The van der Waals surface area contributed by atoms with E-state index in [4.69, 9.17) is 11.6 Å². The van der Waals surface area contributed by atoms with Crippen LogP contribution >= 0.6 is 11.6 Å². The lowest BCUT2D eigenvalue weighted by molar-refractivity contribution is -0.107. The van der Waals surface area contributed by atoms with E-state index >= 15 is 0 Å². The smallest absolute Gasteiger partial charge is 0.245 e. The third-order valence-corrected chi connectivity index (χ3v) is 2.83. The second kappa shape index (κ2) is 6.26. The van der Waals surface area contributed by atoms with Crippen LogP contribution in [0.15, 0.2) is 54.6 Å². The molecule has 0 bridgehead atoms. The molecule has 0 amide bonds. The number of carbonyl (C=O) groups is 2. The first-order chi connectivity index (χ1) is 9.58. The van der Waals surface area contributed by atoms with E-state index in [0.29, 0.717) is 16.7 Å². The third-order valence-electron chi connectivity index (χ3n) is 2.71. The van der Waals surface area contributed by atoms with Crippen molar-refractivity contribution in [2.24, 2.45) is 0 Å². The number of carbonyl (C=O) groups excluding carboxylic acids is 2. The fraction of sp³-hybridized carbons (Fsp3) is 0. The summed E-state index contributed by atoms with van der Waals surface area (Å²) in [6.45, 7) is 0. The Kier molecular flexibility index (Phi) is 4.43. The van der Waals surface area contributed by atoms with Gasteiger partial charge in [0.2, 0.25) is 5.24 Å². The van der Waals surface area contributed by atoms with Gasteiger partial charge in [-0.15, -0.1) is 0 Å². The molecular weight excluding hydrogens is 279 g/mol. The molecular formula is C16H10ClFO2. The van der Waals surface area contributed by atoms with Gasteiger partial charge in [-0.25, -0.2) is 4.39 Å². The zero-order chi connectivity index (χ0) is 14.5. The van der Waals surface area contributed by atoms with Crippen LogP contribution in [0.25, 0.3) is 6.08 Å². The van der Waals surface area contributed by atoms with Crippen LogP contribution in [0.5, 0.6) is 0 Å². The van der Waals surface area contributed by atoms with Gasteiger partial charge in [0.05, 0.1) is 0 Å². The van der Waals surface area contributed by atoms with Crippen LogP contribution in [0.1, 0.15) is 21.5 Å². The highest BCUT2D eigenvalue weighted by molar-refractivity contribution is 6.66. The van der Waals surface area contributed by atoms with Crippen molar-refractivity contribution in [1.82, 2.24) is 0 Å². The molecule has 0 aliphatic rings. The Bertz CT molecular complexity index is 675.